The van der Waals surface area contributed by atoms with E-state index in [1.165, 1.54) is 42.5 Å². The van der Waals surface area contributed by atoms with Crippen LogP contribution in [-0.4, -0.2) is 40.2 Å². The van der Waals surface area contributed by atoms with Crippen LogP contribution < -0.4 is 10.6 Å². The van der Waals surface area contributed by atoms with E-state index in [2.05, 4.69) is 10.6 Å². The highest BCUT2D eigenvalue weighted by Gasteiger charge is 2.11. The summed E-state index contributed by atoms with van der Waals surface area (Å²) in [7, 11) is 0. The maximum atomic E-state index is 12.1. The molecule has 0 atom stereocenters. The fourth-order valence-corrected chi connectivity index (χ4v) is 2.51. The van der Waals surface area contributed by atoms with E-state index in [1.807, 2.05) is 6.07 Å². The van der Waals surface area contributed by atoms with E-state index in [4.69, 9.17) is 0 Å². The number of aromatic hydroxyl groups is 3. The molecule has 0 spiro atoms. The lowest BCUT2D eigenvalue weighted by Crippen LogP contribution is -2.30. The van der Waals surface area contributed by atoms with Crippen molar-refractivity contribution in [3.63, 3.8) is 0 Å². The van der Waals surface area contributed by atoms with Gasteiger partial charge in [-0.15, -0.1) is 0 Å². The summed E-state index contributed by atoms with van der Waals surface area (Å²) in [6, 6.07) is 13.5. The van der Waals surface area contributed by atoms with E-state index >= 15 is 0 Å². The standard InChI is InChI=1S/C23H20N4O5/c24-13-17(10-15-2-5-19(28)6-3-15)22(31)26-8-1-9-27-23(32)18(14-25)11-16-4-7-20(29)21(30)12-16/h2-7,10-12,28-30H,1,8-9H2,(H,26,31)(H,27,32)/b17-10+,18-11+. The first kappa shape index (κ1) is 23.5. The molecule has 32 heavy (non-hydrogen) atoms. The molecule has 0 radical (unpaired) electrons. The molecular weight excluding hydrogens is 412 g/mol. The van der Waals surface area contributed by atoms with E-state index in [0.29, 0.717) is 17.5 Å². The molecule has 9 heteroatoms. The molecule has 5 N–H and O–H groups in total. The summed E-state index contributed by atoms with van der Waals surface area (Å²) in [5.74, 6) is -1.82. The molecule has 0 bridgehead atoms. The van der Waals surface area contributed by atoms with Crippen molar-refractivity contribution < 1.29 is 24.9 Å². The quantitative estimate of drug-likeness (QED) is 0.184. The topological polar surface area (TPSA) is 166 Å². The number of carbonyl (C=O) groups is 2. The number of benzene rings is 2. The fraction of sp³-hybridized carbons (Fsp3) is 0.130. The summed E-state index contributed by atoms with van der Waals surface area (Å²) in [5, 5.41) is 51.5. The molecule has 2 aromatic rings. The van der Waals surface area contributed by atoms with Crippen LogP contribution in [0.2, 0.25) is 0 Å². The van der Waals surface area contributed by atoms with Crippen LogP contribution in [0.1, 0.15) is 17.5 Å². The SMILES string of the molecule is N#C/C(=C\c1ccc(O)cc1)C(=O)NCCCNC(=O)/C(C#N)=C/c1ccc(O)c(O)c1. The van der Waals surface area contributed by atoms with E-state index in [0.717, 1.165) is 0 Å². The summed E-state index contributed by atoms with van der Waals surface area (Å²) in [6.45, 7) is 0.355. The molecule has 162 valence electrons. The zero-order valence-corrected chi connectivity index (χ0v) is 16.9. The van der Waals surface area contributed by atoms with Gasteiger partial charge in [-0.25, -0.2) is 0 Å². The normalized spacial score (nSPS) is 11.2. The van der Waals surface area contributed by atoms with E-state index in [9.17, 15) is 35.4 Å². The van der Waals surface area contributed by atoms with Gasteiger partial charge in [0, 0.05) is 13.1 Å². The number of hydrogen-bond donors (Lipinski definition) is 5. The number of nitrogens with zero attached hydrogens (tertiary/aromatic N) is 2. The Morgan fingerprint density at radius 1 is 0.781 bits per heavy atom. The number of rotatable bonds is 8. The van der Waals surface area contributed by atoms with Crippen LogP contribution in [0, 0.1) is 22.7 Å². The highest BCUT2D eigenvalue weighted by Crippen LogP contribution is 2.25. The summed E-state index contributed by atoms with van der Waals surface area (Å²) in [5.41, 5.74) is 0.651. The van der Waals surface area contributed by atoms with E-state index < -0.39 is 11.8 Å². The first-order chi connectivity index (χ1) is 15.3. The van der Waals surface area contributed by atoms with Crippen molar-refractivity contribution in [3.05, 3.63) is 64.7 Å². The van der Waals surface area contributed by atoms with Crippen LogP contribution in [0.15, 0.2) is 53.6 Å². The highest BCUT2D eigenvalue weighted by atomic mass is 16.3. The zero-order valence-electron chi connectivity index (χ0n) is 16.9. The van der Waals surface area contributed by atoms with Gasteiger partial charge in [0.2, 0.25) is 0 Å². The Hall–Kier alpha value is -4.76. The van der Waals surface area contributed by atoms with Crippen LogP contribution >= 0.6 is 0 Å². The molecule has 0 heterocycles. The number of nitriles is 2. The molecular formula is C23H20N4O5. The van der Waals surface area contributed by atoms with Crippen molar-refractivity contribution in [3.8, 4) is 29.4 Å². The molecule has 0 aliphatic heterocycles. The van der Waals surface area contributed by atoms with Crippen molar-refractivity contribution in [2.45, 2.75) is 6.42 Å². The van der Waals surface area contributed by atoms with Gasteiger partial charge in [0.05, 0.1) is 0 Å². The van der Waals surface area contributed by atoms with Crippen molar-refractivity contribution in [1.29, 1.82) is 10.5 Å². The van der Waals surface area contributed by atoms with Crippen molar-refractivity contribution in [2.24, 2.45) is 0 Å². The maximum absolute atomic E-state index is 12.1. The lowest BCUT2D eigenvalue weighted by atomic mass is 10.1. The van der Waals surface area contributed by atoms with Crippen LogP contribution in [0.5, 0.6) is 17.2 Å². The molecule has 0 aliphatic rings. The van der Waals surface area contributed by atoms with Gasteiger partial charge in [0.25, 0.3) is 11.8 Å². The van der Waals surface area contributed by atoms with E-state index in [1.54, 1.807) is 18.2 Å². The molecule has 2 rings (SSSR count). The largest absolute Gasteiger partial charge is 0.508 e. The Morgan fingerprint density at radius 3 is 1.78 bits per heavy atom. The second kappa shape index (κ2) is 11.4. The van der Waals surface area contributed by atoms with Crippen LogP contribution in [-0.2, 0) is 9.59 Å². The molecule has 0 aliphatic carbocycles. The minimum absolute atomic E-state index is 0.0720. The van der Waals surface area contributed by atoms with Gasteiger partial charge in [0.1, 0.15) is 29.0 Å². The first-order valence-corrected chi connectivity index (χ1v) is 9.45. The third kappa shape index (κ3) is 6.94. The average Bonchev–Trinajstić information content (AvgIpc) is 2.78. The number of carbonyl (C=O) groups excluding carboxylic acids is 2. The molecule has 0 fully saturated rings. The zero-order chi connectivity index (χ0) is 23.5. The minimum atomic E-state index is -0.628. The Labute approximate surface area is 184 Å². The van der Waals surface area contributed by atoms with Crippen molar-refractivity contribution in [2.75, 3.05) is 13.1 Å². The average molecular weight is 432 g/mol. The van der Waals surface area contributed by atoms with Crippen molar-refractivity contribution in [1.82, 2.24) is 10.6 Å². The predicted octanol–water partition coefficient (Wildman–Crippen LogP) is 1.94. The second-order valence-corrected chi connectivity index (χ2v) is 6.54. The molecule has 0 aromatic heterocycles. The summed E-state index contributed by atoms with van der Waals surface area (Å²) >= 11 is 0. The van der Waals surface area contributed by atoms with Gasteiger partial charge < -0.3 is 26.0 Å². The molecule has 0 unspecified atom stereocenters. The summed E-state index contributed by atoms with van der Waals surface area (Å²) < 4.78 is 0. The predicted molar refractivity (Wildman–Crippen MR) is 116 cm³/mol. The Balaban J connectivity index is 1.83. The number of phenolic OH excluding ortho intramolecular Hbond substituents is 3. The Morgan fingerprint density at radius 2 is 1.28 bits per heavy atom. The lowest BCUT2D eigenvalue weighted by Gasteiger charge is -2.06. The van der Waals surface area contributed by atoms with E-state index in [-0.39, 0.29) is 41.5 Å². The third-order valence-electron chi connectivity index (χ3n) is 4.17. The summed E-state index contributed by atoms with van der Waals surface area (Å²) in [4.78, 5) is 24.3. The number of nitrogens with one attached hydrogen (secondary N) is 2. The van der Waals surface area contributed by atoms with Gasteiger partial charge in [-0.2, -0.15) is 10.5 Å². The fourth-order valence-electron chi connectivity index (χ4n) is 2.51. The Bertz CT molecular complexity index is 1140. The lowest BCUT2D eigenvalue weighted by molar-refractivity contribution is -0.117. The van der Waals surface area contributed by atoms with Crippen LogP contribution in [0.25, 0.3) is 12.2 Å². The van der Waals surface area contributed by atoms with Crippen molar-refractivity contribution >= 4 is 24.0 Å². The molecule has 2 amide bonds. The molecule has 9 nitrogen and oxygen atoms in total. The number of hydrogen-bond acceptors (Lipinski definition) is 7. The molecule has 0 saturated heterocycles. The van der Waals surface area contributed by atoms with Gasteiger partial charge in [-0.3, -0.25) is 9.59 Å². The third-order valence-corrected chi connectivity index (χ3v) is 4.17. The summed E-state index contributed by atoms with van der Waals surface area (Å²) in [6.07, 6.45) is 3.01. The van der Waals surface area contributed by atoms with Gasteiger partial charge in [-0.05, 0) is 54.0 Å². The van der Waals surface area contributed by atoms with Crippen LogP contribution in [0.3, 0.4) is 0 Å². The van der Waals surface area contributed by atoms with Gasteiger partial charge >= 0.3 is 0 Å². The maximum Gasteiger partial charge on any atom is 0.261 e. The first-order valence-electron chi connectivity index (χ1n) is 9.45. The van der Waals surface area contributed by atoms with Gasteiger partial charge in [0.15, 0.2) is 11.5 Å². The number of phenols is 3. The monoisotopic (exact) mass is 432 g/mol. The number of amides is 2. The van der Waals surface area contributed by atoms with Gasteiger partial charge in [-0.1, -0.05) is 18.2 Å². The Kier molecular flexibility index (Phi) is 8.40. The smallest absolute Gasteiger partial charge is 0.261 e. The highest BCUT2D eigenvalue weighted by molar-refractivity contribution is 6.02. The second-order valence-electron chi connectivity index (χ2n) is 6.54. The molecule has 2 aromatic carbocycles. The minimum Gasteiger partial charge on any atom is -0.508 e. The van der Waals surface area contributed by atoms with Crippen LogP contribution in [0.4, 0.5) is 0 Å². The molecule has 0 saturated carbocycles.